The van der Waals surface area contributed by atoms with E-state index in [9.17, 15) is 0 Å². The lowest BCUT2D eigenvalue weighted by atomic mass is 9.89. The third-order valence-electron chi connectivity index (χ3n) is 12.1. The van der Waals surface area contributed by atoms with Gasteiger partial charge in [-0.05, 0) is 121 Å². The summed E-state index contributed by atoms with van der Waals surface area (Å²) >= 11 is 0. The van der Waals surface area contributed by atoms with Gasteiger partial charge in [-0.15, -0.1) is 0 Å². The van der Waals surface area contributed by atoms with Crippen molar-refractivity contribution in [2.24, 2.45) is 0 Å². The van der Waals surface area contributed by atoms with Crippen molar-refractivity contribution in [2.75, 3.05) is 4.90 Å². The first-order chi connectivity index (χ1) is 31.7. The van der Waals surface area contributed by atoms with E-state index in [0.29, 0.717) is 0 Å². The zero-order chi connectivity index (χ0) is 42.7. The van der Waals surface area contributed by atoms with Crippen molar-refractivity contribution >= 4 is 28.0 Å². The molecule has 64 heavy (non-hydrogen) atoms. The van der Waals surface area contributed by atoms with Gasteiger partial charge < -0.3 is 9.32 Å². The fourth-order valence-electron chi connectivity index (χ4n) is 8.98. The highest BCUT2D eigenvalue weighted by Gasteiger charge is 2.19. The van der Waals surface area contributed by atoms with E-state index in [1.54, 1.807) is 0 Å². The Bertz CT molecular complexity index is 3260. The molecular formula is C62H43NO. The molecule has 1 heterocycles. The van der Waals surface area contributed by atoms with Crippen LogP contribution in [0.1, 0.15) is 0 Å². The monoisotopic (exact) mass is 817 g/mol. The maximum absolute atomic E-state index is 6.38. The van der Waals surface area contributed by atoms with E-state index in [2.05, 4.69) is 254 Å². The van der Waals surface area contributed by atoms with Gasteiger partial charge in [0.05, 0.1) is 0 Å². The molecule has 0 aliphatic heterocycles. The maximum atomic E-state index is 6.38. The highest BCUT2D eigenvalue weighted by Crippen LogP contribution is 2.43. The van der Waals surface area contributed by atoms with Gasteiger partial charge in [-0.3, -0.25) is 0 Å². The molecule has 0 saturated heterocycles. The van der Waals surface area contributed by atoms with E-state index in [-0.39, 0.29) is 0 Å². The Labute approximate surface area is 374 Å². The molecule has 11 aromatic rings. The summed E-state index contributed by atoms with van der Waals surface area (Å²) in [5.74, 6) is 0.860. The molecule has 0 aliphatic carbocycles. The molecule has 10 aromatic carbocycles. The summed E-state index contributed by atoms with van der Waals surface area (Å²) in [5, 5.41) is 1.09. The summed E-state index contributed by atoms with van der Waals surface area (Å²) in [6, 6.07) is 93.3. The zero-order valence-corrected chi connectivity index (χ0v) is 35.2. The summed E-state index contributed by atoms with van der Waals surface area (Å²) in [7, 11) is 0. The second-order valence-electron chi connectivity index (χ2n) is 16.1. The van der Waals surface area contributed by atoms with Gasteiger partial charge in [0.15, 0.2) is 0 Å². The normalized spacial score (nSPS) is 11.1. The molecule has 2 heteroatoms. The smallest absolute Gasteiger partial charge is 0.136 e. The largest absolute Gasteiger partial charge is 0.456 e. The molecule has 0 radical (unpaired) electrons. The molecule has 2 nitrogen and oxygen atoms in total. The van der Waals surface area contributed by atoms with Crippen LogP contribution in [0.3, 0.4) is 0 Å². The number of hydrogen-bond acceptors (Lipinski definition) is 2. The van der Waals surface area contributed by atoms with Crippen molar-refractivity contribution in [1.82, 2.24) is 0 Å². The van der Waals surface area contributed by atoms with Crippen LogP contribution in [0, 0.1) is 0 Å². The van der Waals surface area contributed by atoms with Gasteiger partial charge in [-0.25, -0.2) is 0 Å². The molecular weight excluding hydrogens is 775 g/mol. The minimum Gasteiger partial charge on any atom is -0.456 e. The third kappa shape index (κ3) is 7.59. The predicted octanol–water partition coefficient (Wildman–Crippen LogP) is 17.6. The molecule has 11 rings (SSSR count). The maximum Gasteiger partial charge on any atom is 0.136 e. The number of para-hydroxylation sites is 1. The first-order valence-electron chi connectivity index (χ1n) is 21.8. The quantitative estimate of drug-likeness (QED) is 0.137. The van der Waals surface area contributed by atoms with E-state index >= 15 is 0 Å². The van der Waals surface area contributed by atoms with Gasteiger partial charge in [0.1, 0.15) is 11.3 Å². The van der Waals surface area contributed by atoms with Gasteiger partial charge in [-0.2, -0.15) is 0 Å². The molecule has 0 fully saturated rings. The van der Waals surface area contributed by atoms with Crippen LogP contribution in [0.5, 0.6) is 0 Å². The average Bonchev–Trinajstić information content (AvgIpc) is 3.82. The van der Waals surface area contributed by atoms with E-state index in [1.807, 2.05) is 12.1 Å². The molecule has 0 N–H and O–H groups in total. The number of rotatable bonds is 10. The number of fused-ring (bicyclic) bond motifs is 1. The highest BCUT2D eigenvalue weighted by atomic mass is 16.3. The fraction of sp³-hybridized carbons (Fsp3) is 0. The second kappa shape index (κ2) is 17.1. The predicted molar refractivity (Wildman–Crippen MR) is 269 cm³/mol. The van der Waals surface area contributed by atoms with Gasteiger partial charge in [0.2, 0.25) is 0 Å². The second-order valence-corrected chi connectivity index (χ2v) is 16.1. The van der Waals surface area contributed by atoms with Crippen LogP contribution in [0.4, 0.5) is 17.1 Å². The van der Waals surface area contributed by atoms with Gasteiger partial charge in [0.25, 0.3) is 0 Å². The summed E-state index contributed by atoms with van der Waals surface area (Å²) < 4.78 is 6.38. The molecule has 0 bridgehead atoms. The van der Waals surface area contributed by atoms with E-state index in [0.717, 1.165) is 67.2 Å². The van der Waals surface area contributed by atoms with Crippen LogP contribution in [0.2, 0.25) is 0 Å². The van der Waals surface area contributed by atoms with Crippen molar-refractivity contribution in [1.29, 1.82) is 0 Å². The first kappa shape index (κ1) is 38.5. The molecule has 0 atom stereocenters. The standard InChI is InChI=1S/C62H43NO/c1-4-18-44(19-5-1)50-40-51(45-20-6-2-7-21-45)42-54(41-50)63(53-38-34-48(35-39-53)57-27-13-16-30-60(57)62-43-49-24-10-17-31-61(49)64-62)52-36-32-47(33-37-52)56-26-12-15-29-59(56)58-28-14-11-25-55(58)46-22-8-3-9-23-46/h1-43H. The summed E-state index contributed by atoms with van der Waals surface area (Å²) in [6.07, 6.45) is 0. The van der Waals surface area contributed by atoms with Crippen LogP contribution in [0.15, 0.2) is 265 Å². The fourth-order valence-corrected chi connectivity index (χ4v) is 8.98. The summed E-state index contributed by atoms with van der Waals surface area (Å²) in [6.45, 7) is 0. The lowest BCUT2D eigenvalue weighted by Gasteiger charge is -2.27. The minimum atomic E-state index is 0.860. The Hall–Kier alpha value is -8.46. The summed E-state index contributed by atoms with van der Waals surface area (Å²) in [4.78, 5) is 2.38. The molecule has 302 valence electrons. The molecule has 0 saturated carbocycles. The SMILES string of the molecule is c1ccc(-c2cc(-c3ccccc3)cc(N(c3ccc(-c4ccccc4-c4cc5ccccc5o4)cc3)c3ccc(-c4ccccc4-c4ccccc4-c4ccccc4)cc3)c2)cc1. The van der Waals surface area contributed by atoms with Crippen molar-refractivity contribution in [2.45, 2.75) is 0 Å². The minimum absolute atomic E-state index is 0.860. The molecule has 1 aromatic heterocycles. The molecule has 0 unspecified atom stereocenters. The number of hydrogen-bond donors (Lipinski definition) is 0. The highest BCUT2D eigenvalue weighted by molar-refractivity contribution is 5.93. The summed E-state index contributed by atoms with van der Waals surface area (Å²) in [5.41, 5.74) is 19.2. The number of anilines is 3. The van der Waals surface area contributed by atoms with Gasteiger partial charge >= 0.3 is 0 Å². The zero-order valence-electron chi connectivity index (χ0n) is 35.2. The topological polar surface area (TPSA) is 16.4 Å². The Morgan fingerprint density at radius 3 is 1.09 bits per heavy atom. The molecule has 0 spiro atoms. The Morgan fingerprint density at radius 1 is 0.234 bits per heavy atom. The van der Waals surface area contributed by atoms with Crippen LogP contribution < -0.4 is 4.90 Å². The number of furan rings is 1. The lowest BCUT2D eigenvalue weighted by Crippen LogP contribution is -2.10. The number of benzene rings is 10. The number of nitrogens with zero attached hydrogens (tertiary/aromatic N) is 1. The molecule has 0 amide bonds. The van der Waals surface area contributed by atoms with Crippen LogP contribution in [-0.4, -0.2) is 0 Å². The van der Waals surface area contributed by atoms with Crippen LogP contribution in [-0.2, 0) is 0 Å². The Morgan fingerprint density at radius 2 is 0.609 bits per heavy atom. The van der Waals surface area contributed by atoms with Crippen molar-refractivity contribution in [3.05, 3.63) is 261 Å². The first-order valence-corrected chi connectivity index (χ1v) is 21.8. The van der Waals surface area contributed by atoms with Crippen LogP contribution >= 0.6 is 0 Å². The van der Waals surface area contributed by atoms with Gasteiger partial charge in [0, 0.05) is 28.0 Å². The average molecular weight is 818 g/mol. The lowest BCUT2D eigenvalue weighted by molar-refractivity contribution is 0.632. The van der Waals surface area contributed by atoms with Gasteiger partial charge in [-0.1, -0.05) is 206 Å². The van der Waals surface area contributed by atoms with E-state index in [4.69, 9.17) is 4.42 Å². The van der Waals surface area contributed by atoms with Crippen molar-refractivity contribution in [3.8, 4) is 78.1 Å². The van der Waals surface area contributed by atoms with E-state index < -0.39 is 0 Å². The van der Waals surface area contributed by atoms with Crippen LogP contribution in [0.25, 0.3) is 89.1 Å². The molecule has 0 aliphatic rings. The van der Waals surface area contributed by atoms with Crippen molar-refractivity contribution in [3.63, 3.8) is 0 Å². The van der Waals surface area contributed by atoms with E-state index in [1.165, 1.54) is 38.9 Å². The Balaban J connectivity index is 1.04. The van der Waals surface area contributed by atoms with Crippen molar-refractivity contribution < 1.29 is 4.42 Å². The Kier molecular flexibility index (Phi) is 10.3. The third-order valence-corrected chi connectivity index (χ3v) is 12.1.